The number of rotatable bonds is 7. The maximum atomic E-state index is 12.3. The maximum absolute atomic E-state index is 12.3. The molecule has 0 spiro atoms. The Bertz CT molecular complexity index is 1010. The highest BCUT2D eigenvalue weighted by Crippen LogP contribution is 2.41. The van der Waals surface area contributed by atoms with Crippen molar-refractivity contribution >= 4 is 17.5 Å². The highest BCUT2D eigenvalue weighted by atomic mass is 16.6. The van der Waals surface area contributed by atoms with Crippen molar-refractivity contribution in [2.45, 2.75) is 50.8 Å². The number of fused-ring (bicyclic) bond motifs is 1. The largest absolute Gasteiger partial charge is 0.445 e. The van der Waals surface area contributed by atoms with Gasteiger partial charge < -0.3 is 20.3 Å². The molecule has 3 aliphatic rings. The van der Waals surface area contributed by atoms with Gasteiger partial charge in [-0.05, 0) is 74.1 Å². The van der Waals surface area contributed by atoms with Crippen LogP contribution in [-0.4, -0.2) is 42.7 Å². The number of hydrogen-bond acceptors (Lipinski definition) is 6. The Labute approximate surface area is 206 Å². The Kier molecular flexibility index (Phi) is 7.18. The zero-order valence-corrected chi connectivity index (χ0v) is 20.0. The predicted molar refractivity (Wildman–Crippen MR) is 134 cm³/mol. The second-order valence-electron chi connectivity index (χ2n) is 10.3. The molecule has 3 fully saturated rings. The van der Waals surface area contributed by atoms with E-state index in [4.69, 9.17) is 4.74 Å². The van der Waals surface area contributed by atoms with E-state index in [1.165, 1.54) is 6.42 Å². The van der Waals surface area contributed by atoms with E-state index in [0.717, 1.165) is 56.6 Å². The van der Waals surface area contributed by atoms with Crippen LogP contribution < -0.4 is 15.5 Å². The smallest absolute Gasteiger partial charge is 0.407 e. The van der Waals surface area contributed by atoms with Crippen LogP contribution >= 0.6 is 0 Å². The Morgan fingerprint density at radius 1 is 1.09 bits per heavy atom. The minimum atomic E-state index is -0.353. The number of benzene rings is 2. The number of anilines is 1. The molecule has 8 heteroatoms. The van der Waals surface area contributed by atoms with Crippen molar-refractivity contribution in [1.29, 1.82) is 0 Å². The van der Waals surface area contributed by atoms with Gasteiger partial charge in [-0.1, -0.05) is 30.3 Å². The number of nitrogens with zero attached hydrogens (tertiary/aromatic N) is 2. The van der Waals surface area contributed by atoms with Gasteiger partial charge in [-0.2, -0.15) is 0 Å². The number of nitrogens with one attached hydrogen (secondary N) is 2. The third kappa shape index (κ3) is 5.75. The molecule has 2 aromatic carbocycles. The van der Waals surface area contributed by atoms with Crippen LogP contribution in [0.15, 0.2) is 54.6 Å². The van der Waals surface area contributed by atoms with E-state index in [-0.39, 0.29) is 22.7 Å². The Morgan fingerprint density at radius 2 is 1.83 bits per heavy atom. The molecule has 5 rings (SSSR count). The van der Waals surface area contributed by atoms with Gasteiger partial charge in [-0.3, -0.25) is 10.1 Å². The first-order valence-electron chi connectivity index (χ1n) is 12.7. The monoisotopic (exact) mass is 478 g/mol. The number of ether oxygens (including phenoxy) is 1. The number of carbonyl (C=O) groups is 1. The number of carbonyl (C=O) groups excluding carboxylic acids is 1. The normalized spacial score (nSPS) is 26.3. The Hall–Kier alpha value is -3.13. The van der Waals surface area contributed by atoms with E-state index in [9.17, 15) is 14.9 Å². The summed E-state index contributed by atoms with van der Waals surface area (Å²) in [5.74, 6) is 1.92. The third-order valence-electron chi connectivity index (χ3n) is 8.07. The zero-order chi connectivity index (χ0) is 24.2. The molecule has 1 amide bonds. The molecule has 4 atom stereocenters. The molecule has 2 aliphatic heterocycles. The fourth-order valence-corrected chi connectivity index (χ4v) is 6.22. The van der Waals surface area contributed by atoms with Crippen molar-refractivity contribution in [3.8, 4) is 0 Å². The van der Waals surface area contributed by atoms with E-state index in [0.29, 0.717) is 30.4 Å². The van der Waals surface area contributed by atoms with Gasteiger partial charge in [0.2, 0.25) is 0 Å². The molecule has 8 nitrogen and oxygen atoms in total. The molecule has 2 N–H and O–H groups in total. The Morgan fingerprint density at radius 3 is 2.54 bits per heavy atom. The number of nitro groups is 1. The lowest BCUT2D eigenvalue weighted by molar-refractivity contribution is -0.384. The quantitative estimate of drug-likeness (QED) is 0.449. The molecule has 186 valence electrons. The summed E-state index contributed by atoms with van der Waals surface area (Å²) in [4.78, 5) is 25.2. The Balaban J connectivity index is 1.05. The van der Waals surface area contributed by atoms with Crippen LogP contribution in [0.4, 0.5) is 16.2 Å². The third-order valence-corrected chi connectivity index (χ3v) is 8.07. The lowest BCUT2D eigenvalue weighted by Gasteiger charge is -2.35. The summed E-state index contributed by atoms with van der Waals surface area (Å²) in [6.07, 6.45) is 5.18. The first-order chi connectivity index (χ1) is 17.0. The van der Waals surface area contributed by atoms with Gasteiger partial charge >= 0.3 is 6.09 Å². The lowest BCUT2D eigenvalue weighted by atomic mass is 9.84. The number of non-ortho nitro benzene ring substituents is 1. The molecule has 2 heterocycles. The van der Waals surface area contributed by atoms with Crippen LogP contribution in [-0.2, 0) is 11.3 Å². The van der Waals surface area contributed by atoms with Gasteiger partial charge in [-0.15, -0.1) is 0 Å². The molecule has 0 bridgehead atoms. The molecular weight excluding hydrogens is 444 g/mol. The van der Waals surface area contributed by atoms with E-state index in [2.05, 4.69) is 15.5 Å². The van der Waals surface area contributed by atoms with Crippen molar-refractivity contribution in [1.82, 2.24) is 10.6 Å². The minimum Gasteiger partial charge on any atom is -0.445 e. The molecule has 1 saturated carbocycles. The minimum absolute atomic E-state index is 0.138. The number of nitro benzene ring substituents is 1. The van der Waals surface area contributed by atoms with Gasteiger partial charge in [0, 0.05) is 43.0 Å². The SMILES string of the molecule is O=C(N[C@H]1C[C@@H]2CN[C@@H](CC3CCN(c4ccc([N+](=O)[O-])cc4)CC3)[C@H]2C1)OCc1ccccc1. The molecule has 35 heavy (non-hydrogen) atoms. The first kappa shape index (κ1) is 23.6. The number of hydrogen-bond donors (Lipinski definition) is 2. The van der Waals surface area contributed by atoms with Crippen molar-refractivity contribution in [3.63, 3.8) is 0 Å². The fourth-order valence-electron chi connectivity index (χ4n) is 6.22. The van der Waals surface area contributed by atoms with Crippen LogP contribution in [0.1, 0.15) is 37.7 Å². The topological polar surface area (TPSA) is 96.7 Å². The molecule has 1 aliphatic carbocycles. The molecule has 0 radical (unpaired) electrons. The van der Waals surface area contributed by atoms with Gasteiger partial charge in [0.15, 0.2) is 0 Å². The van der Waals surface area contributed by atoms with Gasteiger partial charge in [0.05, 0.1) is 4.92 Å². The summed E-state index contributed by atoms with van der Waals surface area (Å²) in [5, 5.41) is 17.8. The molecular formula is C27H34N4O4. The number of amides is 1. The van der Waals surface area contributed by atoms with Crippen LogP contribution in [0, 0.1) is 27.9 Å². The van der Waals surface area contributed by atoms with E-state index < -0.39 is 0 Å². The lowest BCUT2D eigenvalue weighted by Crippen LogP contribution is -2.39. The van der Waals surface area contributed by atoms with Crippen molar-refractivity contribution in [3.05, 3.63) is 70.3 Å². The van der Waals surface area contributed by atoms with Crippen LogP contribution in [0.3, 0.4) is 0 Å². The van der Waals surface area contributed by atoms with Gasteiger partial charge in [-0.25, -0.2) is 4.79 Å². The van der Waals surface area contributed by atoms with Gasteiger partial charge in [0.1, 0.15) is 6.61 Å². The van der Waals surface area contributed by atoms with Crippen LogP contribution in [0.2, 0.25) is 0 Å². The average Bonchev–Trinajstić information content (AvgIpc) is 3.45. The highest BCUT2D eigenvalue weighted by molar-refractivity contribution is 5.67. The van der Waals surface area contributed by atoms with Crippen molar-refractivity contribution < 1.29 is 14.5 Å². The number of piperidine rings is 1. The molecule has 0 unspecified atom stereocenters. The molecule has 0 aromatic heterocycles. The summed E-state index contributed by atoms with van der Waals surface area (Å²) in [7, 11) is 0. The maximum Gasteiger partial charge on any atom is 0.407 e. The highest BCUT2D eigenvalue weighted by Gasteiger charge is 2.44. The first-order valence-corrected chi connectivity index (χ1v) is 12.7. The summed E-state index contributed by atoms with van der Waals surface area (Å²) < 4.78 is 5.42. The average molecular weight is 479 g/mol. The number of alkyl carbamates (subject to hydrolysis) is 1. The van der Waals surface area contributed by atoms with Crippen LogP contribution in [0.25, 0.3) is 0 Å². The zero-order valence-electron chi connectivity index (χ0n) is 20.0. The molecule has 2 aromatic rings. The van der Waals surface area contributed by atoms with E-state index >= 15 is 0 Å². The predicted octanol–water partition coefficient (Wildman–Crippen LogP) is 4.49. The van der Waals surface area contributed by atoms with Crippen molar-refractivity contribution in [2.75, 3.05) is 24.5 Å². The van der Waals surface area contributed by atoms with E-state index in [1.807, 2.05) is 42.5 Å². The summed E-state index contributed by atoms with van der Waals surface area (Å²) in [6, 6.07) is 17.4. The van der Waals surface area contributed by atoms with Crippen LogP contribution in [0.5, 0.6) is 0 Å². The summed E-state index contributed by atoms with van der Waals surface area (Å²) in [6.45, 7) is 3.31. The second kappa shape index (κ2) is 10.6. The fraction of sp³-hybridized carbons (Fsp3) is 0.519. The standard InChI is InChI=1S/C27H34N4O4/c32-27(35-18-20-4-2-1-3-5-20)29-22-15-21-17-28-26(25(21)16-22)14-19-10-12-30(13-11-19)23-6-8-24(9-7-23)31(33)34/h1-9,19,21-22,25-26,28H,10-18H2,(H,29,32)/t21-,22+,25+,26+/m1/s1. The van der Waals surface area contributed by atoms with E-state index in [1.54, 1.807) is 12.1 Å². The summed E-state index contributed by atoms with van der Waals surface area (Å²) in [5.41, 5.74) is 2.20. The van der Waals surface area contributed by atoms with Crippen molar-refractivity contribution in [2.24, 2.45) is 17.8 Å². The second-order valence-corrected chi connectivity index (χ2v) is 10.3. The molecule has 2 saturated heterocycles. The summed E-state index contributed by atoms with van der Waals surface area (Å²) >= 11 is 0. The van der Waals surface area contributed by atoms with Gasteiger partial charge in [0.25, 0.3) is 5.69 Å².